The van der Waals surface area contributed by atoms with Crippen molar-refractivity contribution < 1.29 is 17.6 Å². The molecule has 1 heterocycles. The van der Waals surface area contributed by atoms with Crippen molar-refractivity contribution in [2.24, 2.45) is 0 Å². The van der Waals surface area contributed by atoms with Gasteiger partial charge in [-0.25, -0.2) is 17.6 Å². The zero-order valence-corrected chi connectivity index (χ0v) is 15.8. The van der Waals surface area contributed by atoms with Crippen molar-refractivity contribution >= 4 is 28.7 Å². The normalized spacial score (nSPS) is 10.8. The van der Waals surface area contributed by atoms with Crippen molar-refractivity contribution in [3.63, 3.8) is 0 Å². The van der Waals surface area contributed by atoms with Gasteiger partial charge in [0.1, 0.15) is 5.82 Å². The minimum absolute atomic E-state index is 0.304. The number of nitrogens with one attached hydrogen (secondary N) is 2. The Balaban J connectivity index is 1.70. The standard InChI is InChI=1S/C19H16F4N4S/c1-10-4-3-5-16(11(10)2)26-19(28)25-12-7-24-27(8-12)9-13-14(20)6-15(21)18(23)17(13)22/h3-8H,9H2,1-2H3,(H2,25,26,28). The van der Waals surface area contributed by atoms with Gasteiger partial charge in [0.2, 0.25) is 0 Å². The first-order chi connectivity index (χ1) is 13.3. The molecule has 0 fully saturated rings. The van der Waals surface area contributed by atoms with Gasteiger partial charge in [-0.1, -0.05) is 12.1 Å². The van der Waals surface area contributed by atoms with Crippen LogP contribution < -0.4 is 10.6 Å². The second-order valence-corrected chi connectivity index (χ2v) is 6.61. The van der Waals surface area contributed by atoms with Gasteiger partial charge in [0.05, 0.1) is 18.4 Å². The molecule has 1 aromatic heterocycles. The predicted octanol–water partition coefficient (Wildman–Crippen LogP) is 4.91. The monoisotopic (exact) mass is 408 g/mol. The van der Waals surface area contributed by atoms with E-state index in [0.717, 1.165) is 16.8 Å². The number of rotatable bonds is 4. The molecule has 0 aliphatic carbocycles. The van der Waals surface area contributed by atoms with Crippen molar-refractivity contribution in [1.82, 2.24) is 9.78 Å². The number of hydrogen-bond acceptors (Lipinski definition) is 2. The highest BCUT2D eigenvalue weighted by Crippen LogP contribution is 2.21. The average Bonchev–Trinajstić information content (AvgIpc) is 3.07. The van der Waals surface area contributed by atoms with Crippen LogP contribution in [0.2, 0.25) is 0 Å². The van der Waals surface area contributed by atoms with Crippen molar-refractivity contribution in [1.29, 1.82) is 0 Å². The second-order valence-electron chi connectivity index (χ2n) is 6.20. The highest BCUT2D eigenvalue weighted by atomic mass is 32.1. The topological polar surface area (TPSA) is 41.9 Å². The zero-order chi connectivity index (χ0) is 20.4. The van der Waals surface area contributed by atoms with Crippen LogP contribution in [-0.2, 0) is 6.54 Å². The van der Waals surface area contributed by atoms with Crippen LogP contribution in [0.15, 0.2) is 36.7 Å². The van der Waals surface area contributed by atoms with E-state index in [1.807, 2.05) is 32.0 Å². The Kier molecular flexibility index (Phi) is 5.64. The molecular formula is C19H16F4N4S. The van der Waals surface area contributed by atoms with Crippen LogP contribution in [0.4, 0.5) is 28.9 Å². The summed E-state index contributed by atoms with van der Waals surface area (Å²) in [5.41, 5.74) is 2.84. The van der Waals surface area contributed by atoms with Crippen LogP contribution in [-0.4, -0.2) is 14.9 Å². The summed E-state index contributed by atoms with van der Waals surface area (Å²) in [5.74, 6) is -6.06. The average molecular weight is 408 g/mol. The Morgan fingerprint density at radius 2 is 1.82 bits per heavy atom. The van der Waals surface area contributed by atoms with Gasteiger partial charge in [-0.15, -0.1) is 0 Å². The fraction of sp³-hybridized carbons (Fsp3) is 0.158. The van der Waals surface area contributed by atoms with E-state index in [2.05, 4.69) is 15.7 Å². The highest BCUT2D eigenvalue weighted by molar-refractivity contribution is 7.80. The number of aromatic nitrogens is 2. The molecule has 2 aromatic carbocycles. The second kappa shape index (κ2) is 7.97. The maximum atomic E-state index is 13.8. The third-order valence-electron chi connectivity index (χ3n) is 4.27. The highest BCUT2D eigenvalue weighted by Gasteiger charge is 2.19. The largest absolute Gasteiger partial charge is 0.332 e. The van der Waals surface area contributed by atoms with Crippen LogP contribution in [0.1, 0.15) is 16.7 Å². The number of anilines is 2. The van der Waals surface area contributed by atoms with Gasteiger partial charge >= 0.3 is 0 Å². The van der Waals surface area contributed by atoms with E-state index in [9.17, 15) is 17.6 Å². The zero-order valence-electron chi connectivity index (χ0n) is 15.0. The Morgan fingerprint density at radius 3 is 2.57 bits per heavy atom. The lowest BCUT2D eigenvalue weighted by atomic mass is 10.1. The van der Waals surface area contributed by atoms with Gasteiger partial charge in [-0.05, 0) is 43.3 Å². The lowest BCUT2D eigenvalue weighted by Crippen LogP contribution is -2.19. The number of thiocarbonyl (C=S) groups is 1. The lowest BCUT2D eigenvalue weighted by Gasteiger charge is -2.12. The van der Waals surface area contributed by atoms with Crippen molar-refractivity contribution in [3.8, 4) is 0 Å². The summed E-state index contributed by atoms with van der Waals surface area (Å²) in [6.07, 6.45) is 2.84. The van der Waals surface area contributed by atoms with Crippen molar-refractivity contribution in [2.75, 3.05) is 10.6 Å². The maximum absolute atomic E-state index is 13.8. The van der Waals surface area contributed by atoms with Gasteiger partial charge in [0, 0.05) is 23.5 Å². The summed E-state index contributed by atoms with van der Waals surface area (Å²) in [7, 11) is 0. The molecule has 9 heteroatoms. The first-order valence-electron chi connectivity index (χ1n) is 8.24. The van der Waals surface area contributed by atoms with E-state index in [0.29, 0.717) is 16.9 Å². The van der Waals surface area contributed by atoms with Crippen LogP contribution >= 0.6 is 12.2 Å². The van der Waals surface area contributed by atoms with E-state index in [-0.39, 0.29) is 0 Å². The van der Waals surface area contributed by atoms with Gasteiger partial charge in [-0.3, -0.25) is 4.68 Å². The Labute approximate surface area is 164 Å². The summed E-state index contributed by atoms with van der Waals surface area (Å²) in [6.45, 7) is 3.54. The molecule has 0 saturated carbocycles. The molecule has 0 radical (unpaired) electrons. The molecule has 3 rings (SSSR count). The van der Waals surface area contributed by atoms with Crippen LogP contribution in [0.5, 0.6) is 0 Å². The minimum Gasteiger partial charge on any atom is -0.332 e. The molecule has 2 N–H and O–H groups in total. The Morgan fingerprint density at radius 1 is 1.07 bits per heavy atom. The lowest BCUT2D eigenvalue weighted by molar-refractivity contribution is 0.420. The number of halogens is 4. The molecule has 0 unspecified atom stereocenters. The molecule has 0 aliphatic heterocycles. The van der Waals surface area contributed by atoms with Gasteiger partial charge in [0.25, 0.3) is 0 Å². The third kappa shape index (κ3) is 4.14. The Hall–Kier alpha value is -2.94. The van der Waals surface area contributed by atoms with E-state index >= 15 is 0 Å². The van der Waals surface area contributed by atoms with Crippen LogP contribution in [0.25, 0.3) is 0 Å². The molecule has 146 valence electrons. The molecular weight excluding hydrogens is 392 g/mol. The molecule has 0 aliphatic rings. The van der Waals surface area contributed by atoms with E-state index in [4.69, 9.17) is 12.2 Å². The maximum Gasteiger partial charge on any atom is 0.194 e. The summed E-state index contributed by atoms with van der Waals surface area (Å²) in [6, 6.07) is 6.07. The number of hydrogen-bond donors (Lipinski definition) is 2. The number of nitrogens with zero attached hydrogens (tertiary/aromatic N) is 2. The summed E-state index contributed by atoms with van der Waals surface area (Å²) in [5, 5.41) is 10.2. The molecule has 0 amide bonds. The molecule has 0 spiro atoms. The molecule has 0 saturated heterocycles. The molecule has 0 atom stereocenters. The fourth-order valence-electron chi connectivity index (χ4n) is 2.60. The van der Waals surface area contributed by atoms with Gasteiger partial charge in [0.15, 0.2) is 22.6 Å². The third-order valence-corrected chi connectivity index (χ3v) is 4.48. The van der Waals surface area contributed by atoms with Gasteiger partial charge in [-0.2, -0.15) is 5.10 Å². The minimum atomic E-state index is -1.72. The summed E-state index contributed by atoms with van der Waals surface area (Å²) in [4.78, 5) is 0. The van der Waals surface area contributed by atoms with Crippen LogP contribution in [0.3, 0.4) is 0 Å². The first kappa shape index (κ1) is 19.8. The molecule has 28 heavy (non-hydrogen) atoms. The first-order valence-corrected chi connectivity index (χ1v) is 8.65. The van der Waals surface area contributed by atoms with E-state index < -0.39 is 35.4 Å². The summed E-state index contributed by atoms with van der Waals surface area (Å²) < 4.78 is 55.1. The Bertz CT molecular complexity index is 1050. The van der Waals surface area contributed by atoms with Crippen LogP contribution in [0, 0.1) is 37.1 Å². The molecule has 3 aromatic rings. The van der Waals surface area contributed by atoms with E-state index in [1.54, 1.807) is 0 Å². The molecule has 0 bridgehead atoms. The van der Waals surface area contributed by atoms with Crippen molar-refractivity contribution in [2.45, 2.75) is 20.4 Å². The SMILES string of the molecule is Cc1cccc(NC(=S)Nc2cnn(Cc3c(F)cc(F)c(F)c3F)c2)c1C. The van der Waals surface area contributed by atoms with Crippen molar-refractivity contribution in [3.05, 3.63) is 76.6 Å². The predicted molar refractivity (Wildman–Crippen MR) is 103 cm³/mol. The quantitative estimate of drug-likeness (QED) is 0.279. The smallest absolute Gasteiger partial charge is 0.194 e. The van der Waals surface area contributed by atoms with E-state index in [1.165, 1.54) is 17.1 Å². The number of benzene rings is 2. The van der Waals surface area contributed by atoms with Gasteiger partial charge < -0.3 is 10.6 Å². The fourth-order valence-corrected chi connectivity index (χ4v) is 2.82. The molecule has 4 nitrogen and oxygen atoms in total. The summed E-state index contributed by atoms with van der Waals surface area (Å²) >= 11 is 5.26. The number of aryl methyl sites for hydroxylation is 1.